The van der Waals surface area contributed by atoms with Gasteiger partial charge in [0.25, 0.3) is 0 Å². The Morgan fingerprint density at radius 1 is 1.14 bits per heavy atom. The third-order valence-electron chi connectivity index (χ3n) is 5.10. The number of fused-ring (bicyclic) bond motifs is 1. The molecule has 0 spiro atoms. The lowest BCUT2D eigenvalue weighted by molar-refractivity contribution is -0.137. The van der Waals surface area contributed by atoms with Crippen molar-refractivity contribution in [3.05, 3.63) is 59.8 Å². The van der Waals surface area contributed by atoms with Crippen LogP contribution in [0.3, 0.4) is 0 Å². The standard InChI is InChI=1S/C20H20F3N5O/c21-20(22,23)16-8-9-17-25-26-19(28(17)13-16)27-10-4-7-15(12-27)18(29)24-11-14-5-2-1-3-6-14/h1-3,5-6,8-9,13,15H,4,7,10-12H2,(H,24,29). The molecule has 1 aliphatic heterocycles. The normalized spacial score (nSPS) is 17.5. The number of amides is 1. The van der Waals surface area contributed by atoms with Crippen molar-refractivity contribution in [3.8, 4) is 0 Å². The molecule has 3 aromatic rings. The first-order valence-electron chi connectivity index (χ1n) is 9.40. The Kier molecular flexibility index (Phi) is 5.12. The maximum Gasteiger partial charge on any atom is 0.417 e. The molecule has 1 aromatic carbocycles. The summed E-state index contributed by atoms with van der Waals surface area (Å²) in [5.41, 5.74) is 0.584. The smallest absolute Gasteiger partial charge is 0.352 e. The van der Waals surface area contributed by atoms with Crippen LogP contribution < -0.4 is 10.2 Å². The van der Waals surface area contributed by atoms with Gasteiger partial charge in [0.1, 0.15) is 0 Å². The molecule has 0 aliphatic carbocycles. The number of hydrogen-bond donors (Lipinski definition) is 1. The highest BCUT2D eigenvalue weighted by molar-refractivity contribution is 5.79. The fourth-order valence-corrected chi connectivity index (χ4v) is 3.56. The maximum atomic E-state index is 13.1. The summed E-state index contributed by atoms with van der Waals surface area (Å²) < 4.78 is 40.5. The number of carbonyl (C=O) groups excluding carboxylic acids is 1. The second-order valence-corrected chi connectivity index (χ2v) is 7.13. The monoisotopic (exact) mass is 403 g/mol. The molecule has 0 bridgehead atoms. The summed E-state index contributed by atoms with van der Waals surface area (Å²) in [7, 11) is 0. The third-order valence-corrected chi connectivity index (χ3v) is 5.10. The highest BCUT2D eigenvalue weighted by atomic mass is 19.4. The lowest BCUT2D eigenvalue weighted by Crippen LogP contribution is -2.43. The summed E-state index contributed by atoms with van der Waals surface area (Å²) in [4.78, 5) is 14.4. The molecule has 1 saturated heterocycles. The summed E-state index contributed by atoms with van der Waals surface area (Å²) in [5, 5.41) is 11.0. The number of halogens is 3. The van der Waals surface area contributed by atoms with E-state index < -0.39 is 11.7 Å². The zero-order valence-corrected chi connectivity index (χ0v) is 15.6. The molecule has 1 fully saturated rings. The minimum absolute atomic E-state index is 0.0663. The average molecular weight is 403 g/mol. The first-order valence-corrected chi connectivity index (χ1v) is 9.40. The Balaban J connectivity index is 1.49. The van der Waals surface area contributed by atoms with Crippen molar-refractivity contribution >= 4 is 17.5 Å². The molecule has 3 heterocycles. The third kappa shape index (κ3) is 4.18. The summed E-state index contributed by atoms with van der Waals surface area (Å²) in [6.07, 6.45) is -1.97. The van der Waals surface area contributed by atoms with E-state index in [4.69, 9.17) is 0 Å². The maximum absolute atomic E-state index is 13.1. The number of rotatable bonds is 4. The number of benzene rings is 1. The van der Waals surface area contributed by atoms with Crippen LogP contribution in [0.15, 0.2) is 48.7 Å². The molecule has 9 heteroatoms. The quantitative estimate of drug-likeness (QED) is 0.726. The SMILES string of the molecule is O=C(NCc1ccccc1)C1CCCN(c2nnc3ccc(C(F)(F)F)cn23)C1. The van der Waals surface area contributed by atoms with E-state index in [2.05, 4.69) is 15.5 Å². The number of nitrogens with one attached hydrogen (secondary N) is 1. The van der Waals surface area contributed by atoms with Gasteiger partial charge in [-0.3, -0.25) is 9.20 Å². The zero-order chi connectivity index (χ0) is 20.4. The number of hydrogen-bond acceptors (Lipinski definition) is 4. The van der Waals surface area contributed by atoms with Gasteiger partial charge < -0.3 is 10.2 Å². The van der Waals surface area contributed by atoms with E-state index in [1.54, 1.807) is 0 Å². The predicted octanol–water partition coefficient (Wildman–Crippen LogP) is 3.28. The van der Waals surface area contributed by atoms with E-state index in [1.165, 1.54) is 10.5 Å². The Hall–Kier alpha value is -3.10. The van der Waals surface area contributed by atoms with Gasteiger partial charge in [-0.2, -0.15) is 13.2 Å². The molecule has 6 nitrogen and oxygen atoms in total. The summed E-state index contributed by atoms with van der Waals surface area (Å²) in [6, 6.07) is 11.9. The lowest BCUT2D eigenvalue weighted by Gasteiger charge is -2.32. The molecule has 1 atom stereocenters. The van der Waals surface area contributed by atoms with Gasteiger partial charge in [-0.15, -0.1) is 10.2 Å². The highest BCUT2D eigenvalue weighted by Gasteiger charge is 2.32. The van der Waals surface area contributed by atoms with Crippen LogP contribution in [0.25, 0.3) is 5.65 Å². The van der Waals surface area contributed by atoms with Crippen LogP contribution in [-0.2, 0) is 17.5 Å². The first kappa shape index (κ1) is 19.2. The first-order chi connectivity index (χ1) is 13.9. The van der Waals surface area contributed by atoms with Crippen molar-refractivity contribution in [2.24, 2.45) is 5.92 Å². The summed E-state index contributed by atoms with van der Waals surface area (Å²) in [5.74, 6) is 0.000579. The van der Waals surface area contributed by atoms with Crippen molar-refractivity contribution in [1.29, 1.82) is 0 Å². The molecule has 1 N–H and O–H groups in total. The van der Waals surface area contributed by atoms with Gasteiger partial charge in [-0.05, 0) is 30.5 Å². The van der Waals surface area contributed by atoms with Gasteiger partial charge in [0, 0.05) is 25.8 Å². The number of aromatic nitrogens is 3. The van der Waals surface area contributed by atoms with E-state index in [-0.39, 0.29) is 11.8 Å². The van der Waals surface area contributed by atoms with Crippen LogP contribution in [0, 0.1) is 5.92 Å². The molecule has 2 aromatic heterocycles. The van der Waals surface area contributed by atoms with Crippen LogP contribution in [-0.4, -0.2) is 33.6 Å². The van der Waals surface area contributed by atoms with Gasteiger partial charge in [-0.25, -0.2) is 0 Å². The number of alkyl halides is 3. The van der Waals surface area contributed by atoms with Crippen molar-refractivity contribution in [3.63, 3.8) is 0 Å². The van der Waals surface area contributed by atoms with Crippen LogP contribution in [0.1, 0.15) is 24.0 Å². The number of carbonyl (C=O) groups is 1. The molecule has 0 saturated carbocycles. The number of piperidine rings is 1. The van der Waals surface area contributed by atoms with E-state index >= 15 is 0 Å². The van der Waals surface area contributed by atoms with E-state index in [0.29, 0.717) is 31.2 Å². The second kappa shape index (κ2) is 7.73. The minimum Gasteiger partial charge on any atom is -0.352 e. The minimum atomic E-state index is -4.45. The number of nitrogens with zero attached hydrogens (tertiary/aromatic N) is 4. The van der Waals surface area contributed by atoms with E-state index in [1.807, 2.05) is 35.2 Å². The van der Waals surface area contributed by atoms with Gasteiger partial charge in [-0.1, -0.05) is 30.3 Å². The van der Waals surface area contributed by atoms with E-state index in [0.717, 1.165) is 30.7 Å². The number of anilines is 1. The van der Waals surface area contributed by atoms with Crippen molar-refractivity contribution in [2.45, 2.75) is 25.6 Å². The molecule has 0 radical (unpaired) electrons. The van der Waals surface area contributed by atoms with Gasteiger partial charge >= 0.3 is 6.18 Å². The van der Waals surface area contributed by atoms with Crippen molar-refractivity contribution in [2.75, 3.05) is 18.0 Å². The fraction of sp³-hybridized carbons (Fsp3) is 0.350. The topological polar surface area (TPSA) is 62.5 Å². The molecular formula is C20H20F3N5O. The Morgan fingerprint density at radius 2 is 1.93 bits per heavy atom. The largest absolute Gasteiger partial charge is 0.417 e. The fourth-order valence-electron chi connectivity index (χ4n) is 3.56. The molecule has 29 heavy (non-hydrogen) atoms. The van der Waals surface area contributed by atoms with Crippen LogP contribution in [0.4, 0.5) is 19.1 Å². The van der Waals surface area contributed by atoms with Gasteiger partial charge in [0.05, 0.1) is 11.5 Å². The van der Waals surface area contributed by atoms with Crippen molar-refractivity contribution < 1.29 is 18.0 Å². The predicted molar refractivity (Wildman–Crippen MR) is 101 cm³/mol. The summed E-state index contributed by atoms with van der Waals surface area (Å²) in [6.45, 7) is 1.44. The molecule has 1 unspecified atom stereocenters. The van der Waals surface area contributed by atoms with Gasteiger partial charge in [0.2, 0.25) is 11.9 Å². The molecule has 1 aliphatic rings. The molecular weight excluding hydrogens is 383 g/mol. The van der Waals surface area contributed by atoms with Gasteiger partial charge in [0.15, 0.2) is 5.65 Å². The van der Waals surface area contributed by atoms with Crippen LogP contribution >= 0.6 is 0 Å². The highest BCUT2D eigenvalue weighted by Crippen LogP contribution is 2.30. The molecule has 4 rings (SSSR count). The summed E-state index contributed by atoms with van der Waals surface area (Å²) >= 11 is 0. The second-order valence-electron chi connectivity index (χ2n) is 7.13. The lowest BCUT2D eigenvalue weighted by atomic mass is 9.97. The molecule has 1 amide bonds. The Morgan fingerprint density at radius 3 is 2.69 bits per heavy atom. The van der Waals surface area contributed by atoms with Crippen LogP contribution in [0.2, 0.25) is 0 Å². The Labute approximate surface area is 165 Å². The zero-order valence-electron chi connectivity index (χ0n) is 15.6. The van der Waals surface area contributed by atoms with Crippen LogP contribution in [0.5, 0.6) is 0 Å². The Bertz CT molecular complexity index is 1000. The van der Waals surface area contributed by atoms with Crippen molar-refractivity contribution in [1.82, 2.24) is 19.9 Å². The average Bonchev–Trinajstić information content (AvgIpc) is 3.15. The number of pyridine rings is 1. The van der Waals surface area contributed by atoms with E-state index in [9.17, 15) is 18.0 Å². The molecule has 152 valence electrons.